The highest BCUT2D eigenvalue weighted by Gasteiger charge is 2.19. The van der Waals surface area contributed by atoms with Crippen molar-refractivity contribution in [2.24, 2.45) is 7.05 Å². The smallest absolute Gasteiger partial charge is 0.276 e. The van der Waals surface area contributed by atoms with Gasteiger partial charge in [0.15, 0.2) is 0 Å². The lowest BCUT2D eigenvalue weighted by Gasteiger charge is -2.05. The van der Waals surface area contributed by atoms with Gasteiger partial charge in [-0.3, -0.25) is 9.48 Å². The van der Waals surface area contributed by atoms with Crippen LogP contribution >= 0.6 is 0 Å². The van der Waals surface area contributed by atoms with Crippen LogP contribution in [-0.4, -0.2) is 20.7 Å². The van der Waals surface area contributed by atoms with Gasteiger partial charge in [-0.15, -0.1) is 0 Å². The maximum Gasteiger partial charge on any atom is 0.276 e. The highest BCUT2D eigenvalue weighted by atomic mass is 19.1. The summed E-state index contributed by atoms with van der Waals surface area (Å²) in [6.07, 6.45) is 1.88. The normalized spacial score (nSPS) is 10.5. The van der Waals surface area contributed by atoms with Crippen molar-refractivity contribution in [3.8, 4) is 0 Å². The number of nitrogens with two attached hydrogens (primary N) is 1. The highest BCUT2D eigenvalue weighted by molar-refractivity contribution is 6.06. The van der Waals surface area contributed by atoms with Crippen LogP contribution in [0.4, 0.5) is 15.8 Å². The molecule has 0 bridgehead atoms. The van der Waals surface area contributed by atoms with Crippen LogP contribution in [0.2, 0.25) is 0 Å². The molecule has 7 heteroatoms. The van der Waals surface area contributed by atoms with Gasteiger partial charge in [-0.2, -0.15) is 9.49 Å². The van der Waals surface area contributed by atoms with Crippen molar-refractivity contribution in [1.29, 1.82) is 0 Å². The number of nitrogens with zero attached hydrogens (tertiary/aromatic N) is 3. The van der Waals surface area contributed by atoms with Gasteiger partial charge in [-0.05, 0) is 18.6 Å². The lowest BCUT2D eigenvalue weighted by atomic mass is 10.2. The lowest BCUT2D eigenvalue weighted by molar-refractivity contribution is 0.101. The molecule has 0 spiro atoms. The first-order chi connectivity index (χ1) is 9.02. The molecule has 100 valence electrons. The fourth-order valence-electron chi connectivity index (χ4n) is 1.77. The van der Waals surface area contributed by atoms with Gasteiger partial charge in [-0.1, -0.05) is 6.92 Å². The number of hydrogen-bond acceptors (Lipinski definition) is 4. The average molecular weight is 263 g/mol. The molecule has 2 aromatic heterocycles. The van der Waals surface area contributed by atoms with Crippen LogP contribution < -0.4 is 11.1 Å². The summed E-state index contributed by atoms with van der Waals surface area (Å²) in [6, 6.07) is 2.59. The Bertz CT molecular complexity index is 605. The second kappa shape index (κ2) is 5.05. The first-order valence-corrected chi connectivity index (χ1v) is 5.77. The number of carbonyl (C=O) groups is 1. The van der Waals surface area contributed by atoms with E-state index < -0.39 is 11.9 Å². The minimum atomic E-state index is -0.605. The van der Waals surface area contributed by atoms with Gasteiger partial charge in [0.2, 0.25) is 5.95 Å². The molecular formula is C12H14FN5O. The number of rotatable bonds is 3. The molecule has 0 saturated heterocycles. The Morgan fingerprint density at radius 2 is 2.26 bits per heavy atom. The third-order valence-corrected chi connectivity index (χ3v) is 2.70. The summed E-state index contributed by atoms with van der Waals surface area (Å²) >= 11 is 0. The summed E-state index contributed by atoms with van der Waals surface area (Å²) < 4.78 is 14.1. The molecule has 0 aromatic carbocycles. The van der Waals surface area contributed by atoms with Gasteiger partial charge >= 0.3 is 0 Å². The maximum absolute atomic E-state index is 12.7. The zero-order chi connectivity index (χ0) is 14.0. The number of nitrogens with one attached hydrogen (secondary N) is 1. The Morgan fingerprint density at radius 3 is 2.79 bits per heavy atom. The van der Waals surface area contributed by atoms with Crippen molar-refractivity contribution < 1.29 is 9.18 Å². The number of aryl methyl sites for hydroxylation is 2. The van der Waals surface area contributed by atoms with Crippen LogP contribution in [-0.2, 0) is 13.5 Å². The zero-order valence-corrected chi connectivity index (χ0v) is 10.6. The summed E-state index contributed by atoms with van der Waals surface area (Å²) in [7, 11) is 1.65. The predicted molar refractivity (Wildman–Crippen MR) is 69.1 cm³/mol. The van der Waals surface area contributed by atoms with Gasteiger partial charge in [0, 0.05) is 7.05 Å². The molecule has 0 radical (unpaired) electrons. The monoisotopic (exact) mass is 263 g/mol. The number of pyridine rings is 1. The first kappa shape index (κ1) is 13.0. The van der Waals surface area contributed by atoms with E-state index in [-0.39, 0.29) is 5.69 Å². The van der Waals surface area contributed by atoms with Gasteiger partial charge in [0.1, 0.15) is 5.69 Å². The summed E-state index contributed by atoms with van der Waals surface area (Å²) in [4.78, 5) is 15.6. The van der Waals surface area contributed by atoms with E-state index in [2.05, 4.69) is 15.4 Å². The van der Waals surface area contributed by atoms with E-state index in [1.165, 1.54) is 23.0 Å². The van der Waals surface area contributed by atoms with Crippen molar-refractivity contribution in [2.45, 2.75) is 13.3 Å². The van der Waals surface area contributed by atoms with Gasteiger partial charge in [-0.25, -0.2) is 4.98 Å². The number of amides is 1. The quantitative estimate of drug-likeness (QED) is 0.818. The van der Waals surface area contributed by atoms with Crippen molar-refractivity contribution in [3.63, 3.8) is 0 Å². The molecule has 0 saturated carbocycles. The molecule has 1 amide bonds. The molecule has 19 heavy (non-hydrogen) atoms. The Labute approximate surface area is 109 Å². The van der Waals surface area contributed by atoms with Crippen LogP contribution in [0.5, 0.6) is 0 Å². The number of anilines is 2. The van der Waals surface area contributed by atoms with Gasteiger partial charge < -0.3 is 11.1 Å². The Kier molecular flexibility index (Phi) is 3.46. The Balaban J connectivity index is 2.25. The van der Waals surface area contributed by atoms with Crippen LogP contribution in [0.1, 0.15) is 23.1 Å². The summed E-state index contributed by atoms with van der Waals surface area (Å²) in [5.74, 6) is -1.01. The van der Waals surface area contributed by atoms with Crippen molar-refractivity contribution in [3.05, 3.63) is 35.7 Å². The third-order valence-electron chi connectivity index (χ3n) is 2.70. The number of aromatic nitrogens is 3. The summed E-state index contributed by atoms with van der Waals surface area (Å²) in [6.45, 7) is 1.91. The molecule has 2 heterocycles. The van der Waals surface area contributed by atoms with Gasteiger partial charge in [0.05, 0.1) is 23.3 Å². The molecule has 2 aromatic rings. The predicted octanol–water partition coefficient (Wildman–Crippen LogP) is 1.35. The highest BCUT2D eigenvalue weighted by Crippen LogP contribution is 2.18. The summed E-state index contributed by atoms with van der Waals surface area (Å²) in [5, 5.41) is 6.76. The maximum atomic E-state index is 12.7. The fraction of sp³-hybridized carbons (Fsp3) is 0.250. The number of hydrogen-bond donors (Lipinski definition) is 2. The molecule has 0 aliphatic rings. The molecule has 0 atom stereocenters. The minimum absolute atomic E-state index is 0.279. The van der Waals surface area contributed by atoms with E-state index in [1.54, 1.807) is 7.05 Å². The number of carbonyl (C=O) groups excluding carboxylic acids is 1. The van der Waals surface area contributed by atoms with E-state index in [9.17, 15) is 9.18 Å². The minimum Gasteiger partial charge on any atom is -0.395 e. The second-order valence-corrected chi connectivity index (χ2v) is 4.01. The van der Waals surface area contributed by atoms with Crippen LogP contribution in [0, 0.1) is 5.95 Å². The van der Waals surface area contributed by atoms with E-state index in [0.717, 1.165) is 0 Å². The van der Waals surface area contributed by atoms with Gasteiger partial charge in [0.25, 0.3) is 5.91 Å². The van der Waals surface area contributed by atoms with E-state index in [4.69, 9.17) is 5.73 Å². The van der Waals surface area contributed by atoms with E-state index in [0.29, 0.717) is 23.5 Å². The lowest BCUT2D eigenvalue weighted by Crippen LogP contribution is -2.17. The zero-order valence-electron chi connectivity index (χ0n) is 10.6. The Morgan fingerprint density at radius 1 is 1.53 bits per heavy atom. The molecule has 3 N–H and O–H groups in total. The number of nitrogen functional groups attached to an aromatic ring is 1. The summed E-state index contributed by atoms with van der Waals surface area (Å²) in [5.41, 5.74) is 7.58. The third kappa shape index (κ3) is 2.54. The van der Waals surface area contributed by atoms with Crippen molar-refractivity contribution >= 4 is 17.3 Å². The molecule has 6 nitrogen and oxygen atoms in total. The van der Waals surface area contributed by atoms with Crippen LogP contribution in [0.3, 0.4) is 0 Å². The first-order valence-electron chi connectivity index (χ1n) is 5.77. The SMILES string of the molecule is CCc1nn(C)c(C(=O)Nc2ccc(F)nc2)c1N. The molecule has 2 rings (SSSR count). The molecule has 0 fully saturated rings. The molecule has 0 aliphatic carbocycles. The fourth-order valence-corrected chi connectivity index (χ4v) is 1.77. The van der Waals surface area contributed by atoms with E-state index in [1.807, 2.05) is 6.92 Å². The largest absolute Gasteiger partial charge is 0.395 e. The van der Waals surface area contributed by atoms with Crippen LogP contribution in [0.25, 0.3) is 0 Å². The molecule has 0 unspecified atom stereocenters. The average Bonchev–Trinajstić information content (AvgIpc) is 2.67. The molecular weight excluding hydrogens is 249 g/mol. The number of halogens is 1. The molecule has 0 aliphatic heterocycles. The van der Waals surface area contributed by atoms with Crippen LogP contribution in [0.15, 0.2) is 18.3 Å². The second-order valence-electron chi connectivity index (χ2n) is 4.01. The standard InChI is InChI=1S/C12H14FN5O/c1-3-8-10(14)11(18(2)17-8)12(19)16-7-4-5-9(13)15-6-7/h4-6H,3,14H2,1-2H3,(H,16,19). The van der Waals surface area contributed by atoms with Crippen molar-refractivity contribution in [1.82, 2.24) is 14.8 Å². The Hall–Kier alpha value is -2.44. The van der Waals surface area contributed by atoms with E-state index >= 15 is 0 Å². The van der Waals surface area contributed by atoms with Crippen molar-refractivity contribution in [2.75, 3.05) is 11.1 Å². The topological polar surface area (TPSA) is 85.8 Å².